The summed E-state index contributed by atoms with van der Waals surface area (Å²) in [4.78, 5) is 11.0. The summed E-state index contributed by atoms with van der Waals surface area (Å²) in [5.41, 5.74) is -0.557. The van der Waals surface area contributed by atoms with E-state index < -0.39 is 24.0 Å². The van der Waals surface area contributed by atoms with Gasteiger partial charge in [0.05, 0.1) is 0 Å². The van der Waals surface area contributed by atoms with E-state index in [4.69, 9.17) is 0 Å². The molecular formula is C10H18F3NO. The van der Waals surface area contributed by atoms with Crippen molar-refractivity contribution in [2.24, 2.45) is 0 Å². The molecule has 0 rings (SSSR count). The number of nitrogens with one attached hydrogen (secondary N) is 1. The molecule has 1 N–H and O–H groups in total. The molecule has 0 aromatic rings. The van der Waals surface area contributed by atoms with Crippen molar-refractivity contribution in [1.29, 1.82) is 0 Å². The number of carbonyl (C=O) groups is 1. The Morgan fingerprint density at radius 1 is 1.27 bits per heavy atom. The van der Waals surface area contributed by atoms with Crippen LogP contribution in [0.2, 0.25) is 0 Å². The van der Waals surface area contributed by atoms with Gasteiger partial charge in [0.2, 0.25) is 5.91 Å². The molecule has 0 radical (unpaired) electrons. The number of unbranched alkanes of at least 4 members (excludes halogenated alkanes) is 1. The van der Waals surface area contributed by atoms with Gasteiger partial charge in [0.25, 0.3) is 0 Å². The average molecular weight is 225 g/mol. The Bertz CT molecular complexity index is 211. The smallest absolute Gasteiger partial charge is 0.351 e. The second-order valence-electron chi connectivity index (χ2n) is 4.33. The van der Waals surface area contributed by atoms with E-state index in [9.17, 15) is 18.0 Å². The number of alkyl halides is 3. The van der Waals surface area contributed by atoms with Gasteiger partial charge in [-0.15, -0.1) is 0 Å². The van der Waals surface area contributed by atoms with E-state index >= 15 is 0 Å². The van der Waals surface area contributed by atoms with Crippen molar-refractivity contribution in [3.05, 3.63) is 0 Å². The molecule has 90 valence electrons. The Labute approximate surface area is 88.2 Å². The van der Waals surface area contributed by atoms with Crippen LogP contribution in [0, 0.1) is 0 Å². The summed E-state index contributed by atoms with van der Waals surface area (Å²) in [7, 11) is 0. The summed E-state index contributed by atoms with van der Waals surface area (Å²) in [6, 6.07) is 0. The molecule has 0 aliphatic carbocycles. The zero-order valence-electron chi connectivity index (χ0n) is 9.37. The minimum atomic E-state index is -4.43. The standard InChI is InChI=1S/C10H18F3NO/c1-4-5-6-9(2,3)14-8(15)7-10(11,12)13/h4-7H2,1-3H3,(H,14,15). The Morgan fingerprint density at radius 3 is 2.20 bits per heavy atom. The van der Waals surface area contributed by atoms with Crippen LogP contribution in [0.25, 0.3) is 0 Å². The van der Waals surface area contributed by atoms with E-state index in [-0.39, 0.29) is 0 Å². The molecule has 0 heterocycles. The normalized spacial score (nSPS) is 12.7. The van der Waals surface area contributed by atoms with Gasteiger partial charge < -0.3 is 5.32 Å². The first-order valence-electron chi connectivity index (χ1n) is 5.04. The van der Waals surface area contributed by atoms with Crippen LogP contribution < -0.4 is 5.32 Å². The molecule has 5 heteroatoms. The van der Waals surface area contributed by atoms with Crippen molar-refractivity contribution in [2.75, 3.05) is 0 Å². The van der Waals surface area contributed by atoms with Gasteiger partial charge in [-0.2, -0.15) is 13.2 Å². The highest BCUT2D eigenvalue weighted by atomic mass is 19.4. The summed E-state index contributed by atoms with van der Waals surface area (Å²) in [6.45, 7) is 5.46. The molecule has 2 nitrogen and oxygen atoms in total. The fraction of sp³-hybridized carbons (Fsp3) is 0.900. The van der Waals surface area contributed by atoms with Gasteiger partial charge in [0.15, 0.2) is 0 Å². The molecule has 0 aromatic heterocycles. The van der Waals surface area contributed by atoms with Gasteiger partial charge in [-0.1, -0.05) is 19.8 Å². The lowest BCUT2D eigenvalue weighted by molar-refractivity contribution is -0.154. The topological polar surface area (TPSA) is 29.1 Å². The highest BCUT2D eigenvalue weighted by molar-refractivity contribution is 5.77. The van der Waals surface area contributed by atoms with Gasteiger partial charge in [-0.05, 0) is 20.3 Å². The van der Waals surface area contributed by atoms with Gasteiger partial charge >= 0.3 is 6.18 Å². The van der Waals surface area contributed by atoms with Crippen molar-refractivity contribution >= 4 is 5.91 Å². The summed E-state index contributed by atoms with van der Waals surface area (Å²) in [5.74, 6) is -0.955. The number of carbonyl (C=O) groups excluding carboxylic acids is 1. The van der Waals surface area contributed by atoms with E-state index in [1.807, 2.05) is 6.92 Å². The van der Waals surface area contributed by atoms with Gasteiger partial charge in [0.1, 0.15) is 6.42 Å². The summed E-state index contributed by atoms with van der Waals surface area (Å²) < 4.78 is 35.6. The first kappa shape index (κ1) is 14.3. The fourth-order valence-corrected chi connectivity index (χ4v) is 1.28. The number of amides is 1. The van der Waals surface area contributed by atoms with E-state index in [1.54, 1.807) is 13.8 Å². The molecule has 0 bridgehead atoms. The van der Waals surface area contributed by atoms with E-state index in [0.717, 1.165) is 12.8 Å². The van der Waals surface area contributed by atoms with Gasteiger partial charge in [-0.25, -0.2) is 0 Å². The van der Waals surface area contributed by atoms with E-state index in [0.29, 0.717) is 6.42 Å². The van der Waals surface area contributed by atoms with Crippen LogP contribution in [-0.4, -0.2) is 17.6 Å². The number of hydrogen-bond acceptors (Lipinski definition) is 1. The predicted molar refractivity (Wildman–Crippen MR) is 52.4 cm³/mol. The number of hydrogen-bond donors (Lipinski definition) is 1. The molecule has 15 heavy (non-hydrogen) atoms. The SMILES string of the molecule is CCCCC(C)(C)NC(=O)CC(F)(F)F. The van der Waals surface area contributed by atoms with E-state index in [1.165, 1.54) is 0 Å². The number of rotatable bonds is 5. The lowest BCUT2D eigenvalue weighted by atomic mass is 9.97. The van der Waals surface area contributed by atoms with E-state index in [2.05, 4.69) is 5.32 Å². The van der Waals surface area contributed by atoms with Crippen LogP contribution in [0.3, 0.4) is 0 Å². The maximum atomic E-state index is 11.9. The highest BCUT2D eigenvalue weighted by Crippen LogP contribution is 2.20. The van der Waals surface area contributed by atoms with Crippen molar-refractivity contribution in [3.8, 4) is 0 Å². The highest BCUT2D eigenvalue weighted by Gasteiger charge is 2.33. The third kappa shape index (κ3) is 8.27. The molecular weight excluding hydrogens is 207 g/mol. The van der Waals surface area contributed by atoms with Gasteiger partial charge in [0, 0.05) is 5.54 Å². The second-order valence-corrected chi connectivity index (χ2v) is 4.33. The first-order chi connectivity index (χ1) is 6.66. The molecule has 0 fully saturated rings. The Balaban J connectivity index is 4.04. The van der Waals surface area contributed by atoms with Crippen LogP contribution >= 0.6 is 0 Å². The largest absolute Gasteiger partial charge is 0.397 e. The molecule has 0 saturated heterocycles. The monoisotopic (exact) mass is 225 g/mol. The maximum Gasteiger partial charge on any atom is 0.397 e. The van der Waals surface area contributed by atoms with Crippen molar-refractivity contribution in [2.45, 2.75) is 58.2 Å². The third-order valence-corrected chi connectivity index (χ3v) is 1.99. The lowest BCUT2D eigenvalue weighted by Crippen LogP contribution is -2.44. The zero-order valence-corrected chi connectivity index (χ0v) is 9.37. The Kier molecular flexibility index (Phi) is 5.11. The molecule has 0 atom stereocenters. The second kappa shape index (κ2) is 5.37. The van der Waals surface area contributed by atoms with Crippen molar-refractivity contribution in [3.63, 3.8) is 0 Å². The minimum Gasteiger partial charge on any atom is -0.351 e. The average Bonchev–Trinajstić information content (AvgIpc) is 1.95. The van der Waals surface area contributed by atoms with Crippen LogP contribution in [0.15, 0.2) is 0 Å². The van der Waals surface area contributed by atoms with Crippen molar-refractivity contribution < 1.29 is 18.0 Å². The maximum absolute atomic E-state index is 11.9. The number of halogens is 3. The minimum absolute atomic E-state index is 0.557. The van der Waals surface area contributed by atoms with Gasteiger partial charge in [-0.3, -0.25) is 4.79 Å². The molecule has 0 spiro atoms. The fourth-order valence-electron chi connectivity index (χ4n) is 1.28. The summed E-state index contributed by atoms with van der Waals surface area (Å²) >= 11 is 0. The molecule has 1 amide bonds. The lowest BCUT2D eigenvalue weighted by Gasteiger charge is -2.26. The van der Waals surface area contributed by atoms with Crippen molar-refractivity contribution in [1.82, 2.24) is 5.32 Å². The predicted octanol–water partition coefficient (Wildman–Crippen LogP) is 3.02. The first-order valence-corrected chi connectivity index (χ1v) is 5.04. The molecule has 0 aliphatic heterocycles. The van der Waals surface area contributed by atoms with Crippen LogP contribution in [0.4, 0.5) is 13.2 Å². The Morgan fingerprint density at radius 2 is 1.80 bits per heavy atom. The molecule has 0 unspecified atom stereocenters. The van der Waals surface area contributed by atoms with Crippen LogP contribution in [-0.2, 0) is 4.79 Å². The summed E-state index contributed by atoms with van der Waals surface area (Å²) in [5, 5.41) is 2.39. The Hall–Kier alpha value is -0.740. The quantitative estimate of drug-likeness (QED) is 0.765. The van der Waals surface area contributed by atoms with Crippen LogP contribution in [0.1, 0.15) is 46.5 Å². The molecule has 0 aromatic carbocycles. The molecule has 0 aliphatic rings. The van der Waals surface area contributed by atoms with Crippen LogP contribution in [0.5, 0.6) is 0 Å². The zero-order chi connectivity index (χ0) is 12.1. The molecule has 0 saturated carbocycles. The third-order valence-electron chi connectivity index (χ3n) is 1.99. The summed E-state index contributed by atoms with van der Waals surface area (Å²) in [6.07, 6.45) is -3.29.